The van der Waals surface area contributed by atoms with E-state index >= 15 is 0 Å². The van der Waals surface area contributed by atoms with Crippen LogP contribution in [0.5, 0.6) is 0 Å². The van der Waals surface area contributed by atoms with Gasteiger partial charge in [0, 0.05) is 11.3 Å². The fourth-order valence-corrected chi connectivity index (χ4v) is 3.38. The number of aliphatic hydroxyl groups excluding tert-OH is 1. The first-order valence-corrected chi connectivity index (χ1v) is 8.69. The summed E-state index contributed by atoms with van der Waals surface area (Å²) in [6.07, 6.45) is 1.34. The van der Waals surface area contributed by atoms with Crippen LogP contribution < -0.4 is 10.6 Å². The first-order chi connectivity index (χ1) is 12.2. The summed E-state index contributed by atoms with van der Waals surface area (Å²) in [5.74, 6) is 0. The Labute approximate surface area is 148 Å². The first kappa shape index (κ1) is 17.3. The van der Waals surface area contributed by atoms with Gasteiger partial charge in [0.1, 0.15) is 0 Å². The van der Waals surface area contributed by atoms with Gasteiger partial charge in [-0.2, -0.15) is 0 Å². The van der Waals surface area contributed by atoms with Crippen molar-refractivity contribution in [1.29, 1.82) is 0 Å². The molecule has 1 aliphatic rings. The number of aliphatic hydroxyl groups is 1. The van der Waals surface area contributed by atoms with Crippen molar-refractivity contribution < 1.29 is 14.6 Å². The predicted octanol–water partition coefficient (Wildman–Crippen LogP) is 3.39. The van der Waals surface area contributed by atoms with Crippen molar-refractivity contribution in [2.24, 2.45) is 0 Å². The topological polar surface area (TPSA) is 70.6 Å². The summed E-state index contributed by atoms with van der Waals surface area (Å²) in [5.41, 5.74) is 4.16. The van der Waals surface area contributed by atoms with E-state index in [1.807, 2.05) is 36.4 Å². The normalized spacial score (nSPS) is 19.0. The maximum absolute atomic E-state index is 11.9. The molecule has 2 aromatic carbocycles. The lowest BCUT2D eigenvalue weighted by atomic mass is 9.83. The van der Waals surface area contributed by atoms with E-state index in [1.54, 1.807) is 6.92 Å². The molecule has 0 aliphatic heterocycles. The number of alkyl carbamates (subject to hydrolysis) is 1. The number of fused-ring (bicyclic) bond motifs is 1. The number of carbonyl (C=O) groups excluding carboxylic acids is 1. The number of rotatable bonds is 5. The second-order valence-corrected chi connectivity index (χ2v) is 6.15. The minimum absolute atomic E-state index is 0.0342. The van der Waals surface area contributed by atoms with Gasteiger partial charge in [-0.05, 0) is 37.0 Å². The van der Waals surface area contributed by atoms with Gasteiger partial charge in [-0.15, -0.1) is 0 Å². The van der Waals surface area contributed by atoms with Crippen molar-refractivity contribution >= 4 is 11.8 Å². The molecule has 132 valence electrons. The Bertz CT molecular complexity index is 732. The Kier molecular flexibility index (Phi) is 5.56. The van der Waals surface area contributed by atoms with Crippen LogP contribution in [0.15, 0.2) is 48.5 Å². The molecule has 2 aromatic rings. The van der Waals surface area contributed by atoms with Gasteiger partial charge in [0.05, 0.1) is 25.3 Å². The zero-order valence-corrected chi connectivity index (χ0v) is 14.4. The average molecular weight is 340 g/mol. The average Bonchev–Trinajstić information content (AvgIpc) is 2.64. The molecule has 0 spiro atoms. The van der Waals surface area contributed by atoms with Crippen LogP contribution in [0.25, 0.3) is 0 Å². The van der Waals surface area contributed by atoms with E-state index in [0.29, 0.717) is 6.61 Å². The Hall–Kier alpha value is -2.53. The van der Waals surface area contributed by atoms with Crippen molar-refractivity contribution in [1.82, 2.24) is 5.32 Å². The number of nitrogens with one attached hydrogen (secondary N) is 2. The molecule has 25 heavy (non-hydrogen) atoms. The van der Waals surface area contributed by atoms with Crippen molar-refractivity contribution in [2.45, 2.75) is 38.5 Å². The second kappa shape index (κ2) is 8.03. The van der Waals surface area contributed by atoms with Crippen molar-refractivity contribution in [2.75, 3.05) is 11.9 Å². The van der Waals surface area contributed by atoms with E-state index in [-0.39, 0.29) is 18.7 Å². The highest BCUT2D eigenvalue weighted by Gasteiger charge is 2.31. The van der Waals surface area contributed by atoms with Gasteiger partial charge in [0.15, 0.2) is 0 Å². The van der Waals surface area contributed by atoms with Gasteiger partial charge in [0.25, 0.3) is 0 Å². The van der Waals surface area contributed by atoms with Gasteiger partial charge in [0.2, 0.25) is 0 Å². The molecule has 1 aliphatic carbocycles. The van der Waals surface area contributed by atoms with Gasteiger partial charge in [-0.3, -0.25) is 0 Å². The van der Waals surface area contributed by atoms with E-state index in [0.717, 1.165) is 24.1 Å². The van der Waals surface area contributed by atoms with Crippen LogP contribution in [0.2, 0.25) is 0 Å². The summed E-state index contributed by atoms with van der Waals surface area (Å²) in [7, 11) is 0. The number of ether oxygens (including phenoxy) is 1. The largest absolute Gasteiger partial charge is 0.450 e. The zero-order valence-electron chi connectivity index (χ0n) is 14.4. The van der Waals surface area contributed by atoms with E-state index in [9.17, 15) is 9.90 Å². The van der Waals surface area contributed by atoms with Crippen molar-refractivity contribution in [3.63, 3.8) is 0 Å². The third kappa shape index (κ3) is 3.94. The molecule has 5 nitrogen and oxygen atoms in total. The van der Waals surface area contributed by atoms with Crippen LogP contribution in [-0.4, -0.2) is 23.8 Å². The van der Waals surface area contributed by atoms with Crippen LogP contribution in [0, 0.1) is 0 Å². The number of para-hydroxylation sites is 1. The molecule has 3 rings (SSSR count). The molecule has 0 saturated heterocycles. The molecule has 0 bridgehead atoms. The summed E-state index contributed by atoms with van der Waals surface area (Å²) in [4.78, 5) is 11.9. The minimum atomic E-state index is -0.394. The third-order valence-electron chi connectivity index (χ3n) is 4.59. The highest BCUT2D eigenvalue weighted by molar-refractivity contribution is 5.68. The molecule has 3 N–H and O–H groups in total. The smallest absolute Gasteiger partial charge is 0.407 e. The molecule has 1 amide bonds. The maximum atomic E-state index is 11.9. The lowest BCUT2D eigenvalue weighted by Gasteiger charge is -2.35. The standard InChI is InChI=1S/C20H24N2O3/c1-2-25-20(24)22-18-12-11-14-7-3-5-9-16(14)19(18)21-17-10-6-4-8-15(17)13-23/h3-10,18-19,21,23H,2,11-13H2,1H3,(H,22,24). The summed E-state index contributed by atoms with van der Waals surface area (Å²) in [6, 6.07) is 15.8. The van der Waals surface area contributed by atoms with E-state index in [2.05, 4.69) is 22.8 Å². The van der Waals surface area contributed by atoms with E-state index in [1.165, 1.54) is 11.1 Å². The van der Waals surface area contributed by atoms with Crippen LogP contribution >= 0.6 is 0 Å². The Balaban J connectivity index is 1.90. The molecule has 0 fully saturated rings. The lowest BCUT2D eigenvalue weighted by molar-refractivity contribution is 0.145. The van der Waals surface area contributed by atoms with Crippen LogP contribution in [0.3, 0.4) is 0 Å². The van der Waals surface area contributed by atoms with E-state index < -0.39 is 6.09 Å². The van der Waals surface area contributed by atoms with Crippen LogP contribution in [-0.2, 0) is 17.8 Å². The molecule has 0 saturated carbocycles. The van der Waals surface area contributed by atoms with Gasteiger partial charge < -0.3 is 20.5 Å². The number of benzene rings is 2. The zero-order chi connectivity index (χ0) is 17.6. The van der Waals surface area contributed by atoms with Gasteiger partial charge in [-0.25, -0.2) is 4.79 Å². The quantitative estimate of drug-likeness (QED) is 0.780. The Morgan fingerprint density at radius 3 is 2.76 bits per heavy atom. The Morgan fingerprint density at radius 2 is 1.96 bits per heavy atom. The van der Waals surface area contributed by atoms with Crippen molar-refractivity contribution in [3.8, 4) is 0 Å². The second-order valence-electron chi connectivity index (χ2n) is 6.15. The van der Waals surface area contributed by atoms with E-state index in [4.69, 9.17) is 4.74 Å². The third-order valence-corrected chi connectivity index (χ3v) is 4.59. The molecule has 2 unspecified atom stereocenters. The van der Waals surface area contributed by atoms with Gasteiger partial charge in [-0.1, -0.05) is 42.5 Å². The maximum Gasteiger partial charge on any atom is 0.407 e. The predicted molar refractivity (Wildman–Crippen MR) is 97.4 cm³/mol. The summed E-state index contributed by atoms with van der Waals surface area (Å²) in [6.45, 7) is 2.11. The molecule has 0 heterocycles. The SMILES string of the molecule is CCOC(=O)NC1CCc2ccccc2C1Nc1ccccc1CO. The van der Waals surface area contributed by atoms with Crippen LogP contribution in [0.1, 0.15) is 36.1 Å². The first-order valence-electron chi connectivity index (χ1n) is 8.69. The van der Waals surface area contributed by atoms with Crippen molar-refractivity contribution in [3.05, 3.63) is 65.2 Å². The van der Waals surface area contributed by atoms with Gasteiger partial charge >= 0.3 is 6.09 Å². The molecular formula is C20H24N2O3. The lowest BCUT2D eigenvalue weighted by Crippen LogP contribution is -2.44. The summed E-state index contributed by atoms with van der Waals surface area (Å²) < 4.78 is 5.06. The fourth-order valence-electron chi connectivity index (χ4n) is 3.38. The molecule has 0 radical (unpaired) electrons. The highest BCUT2D eigenvalue weighted by atomic mass is 16.5. The monoisotopic (exact) mass is 340 g/mol. The minimum Gasteiger partial charge on any atom is -0.450 e. The number of carbonyl (C=O) groups is 1. The molecule has 5 heteroatoms. The molecule has 2 atom stereocenters. The number of anilines is 1. The number of aryl methyl sites for hydroxylation is 1. The van der Waals surface area contributed by atoms with Crippen LogP contribution in [0.4, 0.5) is 10.5 Å². The summed E-state index contributed by atoms with van der Waals surface area (Å²) >= 11 is 0. The highest BCUT2D eigenvalue weighted by Crippen LogP contribution is 2.33. The summed E-state index contributed by atoms with van der Waals surface area (Å²) in [5, 5.41) is 16.1. The Morgan fingerprint density at radius 1 is 1.20 bits per heavy atom. The number of hydrogen-bond donors (Lipinski definition) is 3. The molecular weight excluding hydrogens is 316 g/mol. The fraction of sp³-hybridized carbons (Fsp3) is 0.350. The molecule has 0 aromatic heterocycles. The number of hydrogen-bond acceptors (Lipinski definition) is 4. The number of amides is 1.